The van der Waals surface area contributed by atoms with Gasteiger partial charge < -0.3 is 4.74 Å². The number of esters is 1. The molecule has 0 N–H and O–H groups in total. The molecule has 0 bridgehead atoms. The molecular formula is C18H21FO3. The fourth-order valence-corrected chi connectivity index (χ4v) is 3.92. The molecule has 1 heterocycles. The van der Waals surface area contributed by atoms with Crippen molar-refractivity contribution in [3.63, 3.8) is 0 Å². The standard InChI is InChI=1S/C18H21FO3/c1-17(2)15(20)18(10-6-3-7-11-18)14(22-16(17)21)12-8-4-5-9-13(12)19/h4-5,8-9,14H,3,6-7,10-11H2,1-2H3. The normalized spacial score (nSPS) is 26.8. The molecule has 1 atom stereocenters. The molecule has 0 amide bonds. The zero-order chi connectivity index (χ0) is 16.0. The number of halogens is 1. The molecule has 4 heteroatoms. The third-order valence-electron chi connectivity index (χ3n) is 5.19. The fourth-order valence-electron chi connectivity index (χ4n) is 3.92. The minimum Gasteiger partial charge on any atom is -0.456 e. The van der Waals surface area contributed by atoms with Crippen LogP contribution < -0.4 is 0 Å². The van der Waals surface area contributed by atoms with Crippen LogP contribution in [-0.4, -0.2) is 11.8 Å². The Hall–Kier alpha value is -1.71. The molecule has 1 aromatic rings. The lowest BCUT2D eigenvalue weighted by Crippen LogP contribution is -2.55. The van der Waals surface area contributed by atoms with Gasteiger partial charge in [-0.05, 0) is 32.8 Å². The van der Waals surface area contributed by atoms with Crippen molar-refractivity contribution >= 4 is 11.8 Å². The van der Waals surface area contributed by atoms with Crippen LogP contribution in [0.25, 0.3) is 0 Å². The van der Waals surface area contributed by atoms with Crippen molar-refractivity contribution < 1.29 is 18.7 Å². The van der Waals surface area contributed by atoms with Crippen LogP contribution in [0.1, 0.15) is 57.6 Å². The van der Waals surface area contributed by atoms with Crippen molar-refractivity contribution in [3.05, 3.63) is 35.6 Å². The summed E-state index contributed by atoms with van der Waals surface area (Å²) in [4.78, 5) is 25.4. The van der Waals surface area contributed by atoms with Gasteiger partial charge in [0.25, 0.3) is 0 Å². The van der Waals surface area contributed by atoms with Gasteiger partial charge in [-0.15, -0.1) is 0 Å². The Morgan fingerprint density at radius 3 is 2.36 bits per heavy atom. The van der Waals surface area contributed by atoms with Gasteiger partial charge in [-0.25, -0.2) is 4.39 Å². The zero-order valence-electron chi connectivity index (χ0n) is 13.0. The maximum Gasteiger partial charge on any atom is 0.319 e. The van der Waals surface area contributed by atoms with E-state index in [0.717, 1.165) is 19.3 Å². The first-order valence-corrected chi connectivity index (χ1v) is 7.90. The van der Waals surface area contributed by atoms with Crippen LogP contribution in [0.5, 0.6) is 0 Å². The topological polar surface area (TPSA) is 43.4 Å². The van der Waals surface area contributed by atoms with Crippen molar-refractivity contribution in [1.29, 1.82) is 0 Å². The van der Waals surface area contributed by atoms with E-state index in [1.807, 2.05) is 0 Å². The number of Topliss-reactive ketones (excluding diaryl/α,β-unsaturated/α-hetero) is 1. The van der Waals surface area contributed by atoms with E-state index >= 15 is 0 Å². The van der Waals surface area contributed by atoms with E-state index in [0.29, 0.717) is 18.4 Å². The van der Waals surface area contributed by atoms with Crippen LogP contribution in [0.15, 0.2) is 24.3 Å². The van der Waals surface area contributed by atoms with Gasteiger partial charge in [0.05, 0.1) is 5.41 Å². The Balaban J connectivity index is 2.12. The number of cyclic esters (lactones) is 1. The van der Waals surface area contributed by atoms with Crippen LogP contribution in [-0.2, 0) is 14.3 Å². The van der Waals surface area contributed by atoms with Crippen LogP contribution in [0.2, 0.25) is 0 Å². The highest BCUT2D eigenvalue weighted by Crippen LogP contribution is 2.55. The third-order valence-corrected chi connectivity index (χ3v) is 5.19. The van der Waals surface area contributed by atoms with Gasteiger partial charge >= 0.3 is 5.97 Å². The molecule has 1 saturated heterocycles. The maximum atomic E-state index is 14.3. The van der Waals surface area contributed by atoms with E-state index in [2.05, 4.69) is 0 Å². The summed E-state index contributed by atoms with van der Waals surface area (Å²) in [5.41, 5.74) is -1.61. The van der Waals surface area contributed by atoms with Crippen LogP contribution >= 0.6 is 0 Å². The lowest BCUT2D eigenvalue weighted by Gasteiger charge is -2.49. The molecule has 1 aliphatic carbocycles. The van der Waals surface area contributed by atoms with Gasteiger partial charge in [0.15, 0.2) is 5.78 Å². The molecule has 1 aromatic carbocycles. The van der Waals surface area contributed by atoms with Gasteiger partial charge in [0.1, 0.15) is 17.3 Å². The molecule has 22 heavy (non-hydrogen) atoms. The second-order valence-corrected chi connectivity index (χ2v) is 6.98. The monoisotopic (exact) mass is 304 g/mol. The van der Waals surface area contributed by atoms with Crippen molar-refractivity contribution in [2.24, 2.45) is 10.8 Å². The van der Waals surface area contributed by atoms with E-state index in [1.165, 1.54) is 6.07 Å². The average molecular weight is 304 g/mol. The van der Waals surface area contributed by atoms with Gasteiger partial charge in [-0.3, -0.25) is 9.59 Å². The number of carbonyl (C=O) groups excluding carboxylic acids is 2. The number of ketones is 1. The van der Waals surface area contributed by atoms with Crippen molar-refractivity contribution in [1.82, 2.24) is 0 Å². The molecule has 3 rings (SSSR count). The lowest BCUT2D eigenvalue weighted by atomic mass is 9.58. The average Bonchev–Trinajstić information content (AvgIpc) is 2.52. The molecule has 1 unspecified atom stereocenters. The minimum atomic E-state index is -1.15. The Labute approximate surface area is 129 Å². The van der Waals surface area contributed by atoms with E-state index in [4.69, 9.17) is 4.74 Å². The van der Waals surface area contributed by atoms with Crippen LogP contribution in [0, 0.1) is 16.6 Å². The molecule has 3 nitrogen and oxygen atoms in total. The van der Waals surface area contributed by atoms with E-state index in [1.54, 1.807) is 32.0 Å². The summed E-state index contributed by atoms with van der Waals surface area (Å²) >= 11 is 0. The molecule has 1 aliphatic heterocycles. The molecule has 1 spiro atoms. The Morgan fingerprint density at radius 1 is 1.09 bits per heavy atom. The van der Waals surface area contributed by atoms with E-state index < -0.39 is 28.7 Å². The molecule has 2 fully saturated rings. The fraction of sp³-hybridized carbons (Fsp3) is 0.556. The zero-order valence-corrected chi connectivity index (χ0v) is 13.0. The Morgan fingerprint density at radius 2 is 1.73 bits per heavy atom. The number of ether oxygens (including phenoxy) is 1. The molecule has 118 valence electrons. The van der Waals surface area contributed by atoms with Gasteiger partial charge in [0, 0.05) is 5.56 Å². The smallest absolute Gasteiger partial charge is 0.319 e. The molecule has 2 aliphatic rings. The first-order valence-electron chi connectivity index (χ1n) is 7.90. The molecule has 0 radical (unpaired) electrons. The minimum absolute atomic E-state index is 0.0933. The predicted molar refractivity (Wildman–Crippen MR) is 79.5 cm³/mol. The van der Waals surface area contributed by atoms with E-state index in [9.17, 15) is 14.0 Å². The molecule has 0 aromatic heterocycles. The summed E-state index contributed by atoms with van der Waals surface area (Å²) in [7, 11) is 0. The quantitative estimate of drug-likeness (QED) is 0.582. The Kier molecular flexibility index (Phi) is 3.58. The summed E-state index contributed by atoms with van der Waals surface area (Å²) in [5.74, 6) is -1.07. The number of benzene rings is 1. The number of hydrogen-bond acceptors (Lipinski definition) is 3. The maximum absolute atomic E-state index is 14.3. The lowest BCUT2D eigenvalue weighted by molar-refractivity contribution is -0.192. The summed E-state index contributed by atoms with van der Waals surface area (Å²) in [6, 6.07) is 6.29. The summed E-state index contributed by atoms with van der Waals surface area (Å²) in [5, 5.41) is 0. The van der Waals surface area contributed by atoms with Gasteiger partial charge in [-0.2, -0.15) is 0 Å². The summed E-state index contributed by atoms with van der Waals surface area (Å²) < 4.78 is 19.9. The first kappa shape index (κ1) is 15.2. The third kappa shape index (κ3) is 2.08. The highest BCUT2D eigenvalue weighted by Gasteiger charge is 2.60. The van der Waals surface area contributed by atoms with Crippen LogP contribution in [0.3, 0.4) is 0 Å². The van der Waals surface area contributed by atoms with Gasteiger partial charge in [-0.1, -0.05) is 37.5 Å². The Bertz CT molecular complexity index is 615. The van der Waals surface area contributed by atoms with Gasteiger partial charge in [0.2, 0.25) is 0 Å². The van der Waals surface area contributed by atoms with Crippen molar-refractivity contribution in [3.8, 4) is 0 Å². The number of rotatable bonds is 1. The van der Waals surface area contributed by atoms with E-state index in [-0.39, 0.29) is 5.78 Å². The second-order valence-electron chi connectivity index (χ2n) is 6.98. The second kappa shape index (κ2) is 5.18. The SMILES string of the molecule is CC1(C)C(=O)OC(c2ccccc2F)C2(CCCCC2)C1=O. The largest absolute Gasteiger partial charge is 0.456 e. The summed E-state index contributed by atoms with van der Waals surface area (Å²) in [6.45, 7) is 3.23. The molecule has 1 saturated carbocycles. The molecular weight excluding hydrogens is 283 g/mol. The van der Waals surface area contributed by atoms with Crippen molar-refractivity contribution in [2.75, 3.05) is 0 Å². The predicted octanol–water partition coefficient (Wildman–Crippen LogP) is 3.97. The van der Waals surface area contributed by atoms with Crippen LogP contribution in [0.4, 0.5) is 4.39 Å². The highest BCUT2D eigenvalue weighted by atomic mass is 19.1. The first-order chi connectivity index (χ1) is 10.4. The number of hydrogen-bond donors (Lipinski definition) is 0. The van der Waals surface area contributed by atoms with Crippen molar-refractivity contribution in [2.45, 2.75) is 52.1 Å². The summed E-state index contributed by atoms with van der Waals surface area (Å²) in [6.07, 6.45) is 3.38. The highest BCUT2D eigenvalue weighted by molar-refractivity contribution is 6.08. The number of carbonyl (C=O) groups is 2.